The van der Waals surface area contributed by atoms with E-state index in [1.54, 1.807) is 6.07 Å². The molecule has 43 heavy (non-hydrogen) atoms. The van der Waals surface area contributed by atoms with E-state index in [1.807, 2.05) is 12.1 Å². The van der Waals surface area contributed by atoms with E-state index >= 15 is 0 Å². The van der Waals surface area contributed by atoms with Crippen LogP contribution < -0.4 is 9.13 Å². The predicted octanol–water partition coefficient (Wildman–Crippen LogP) is 6.94. The van der Waals surface area contributed by atoms with Gasteiger partial charge in [0.15, 0.2) is 12.4 Å². The van der Waals surface area contributed by atoms with Crippen LogP contribution in [0.4, 0.5) is 0 Å². The molecule has 0 bridgehead atoms. The highest BCUT2D eigenvalue weighted by Crippen LogP contribution is 2.47. The predicted molar refractivity (Wildman–Crippen MR) is 164 cm³/mol. The topological polar surface area (TPSA) is 79.1 Å². The van der Waals surface area contributed by atoms with E-state index in [0.717, 1.165) is 63.3 Å². The van der Waals surface area contributed by atoms with Crippen LogP contribution in [0.25, 0.3) is 39.3 Å². The second-order valence-electron chi connectivity index (χ2n) is 11.2. The molecule has 0 amide bonds. The van der Waals surface area contributed by atoms with Gasteiger partial charge in [0.05, 0.1) is 28.2 Å². The Kier molecular flexibility index (Phi) is 6.20. The fourth-order valence-corrected chi connectivity index (χ4v) is 6.96. The van der Waals surface area contributed by atoms with Crippen LogP contribution in [0.15, 0.2) is 104 Å². The van der Waals surface area contributed by atoms with Crippen molar-refractivity contribution in [3.05, 3.63) is 137 Å². The molecule has 2 aliphatic heterocycles. The third-order valence-electron chi connectivity index (χ3n) is 8.90. The second kappa shape index (κ2) is 10.2. The van der Waals surface area contributed by atoms with Crippen LogP contribution in [0.2, 0.25) is 0 Å². The molecular weight excluding hydrogens is 526 g/mol. The molecule has 0 fully saturated rings. The fraction of sp³-hybridized carbons (Fsp3) is 0.132. The van der Waals surface area contributed by atoms with Gasteiger partial charge in [0.2, 0.25) is 23.1 Å². The average Bonchev–Trinajstić information content (AvgIpc) is 3.10. The van der Waals surface area contributed by atoms with Crippen molar-refractivity contribution in [1.29, 1.82) is 15.8 Å². The Balaban J connectivity index is 1.54. The minimum atomic E-state index is -0.227. The minimum Gasteiger partial charge on any atom is -0.192 e. The van der Waals surface area contributed by atoms with E-state index in [2.05, 4.69) is 113 Å². The number of aryl methyl sites for hydroxylation is 2. The van der Waals surface area contributed by atoms with Crippen molar-refractivity contribution in [2.24, 2.45) is 0 Å². The summed E-state index contributed by atoms with van der Waals surface area (Å²) in [6.45, 7) is 6.80. The van der Waals surface area contributed by atoms with Crippen LogP contribution in [0, 0.1) is 40.9 Å². The Morgan fingerprint density at radius 1 is 0.767 bits per heavy atom. The average molecular weight is 554 g/mol. The van der Waals surface area contributed by atoms with Gasteiger partial charge in [-0.1, -0.05) is 48.5 Å². The molecule has 2 aliphatic rings. The highest BCUT2D eigenvalue weighted by molar-refractivity contribution is 5.76. The number of rotatable bonds is 1. The molecule has 5 nitrogen and oxygen atoms in total. The van der Waals surface area contributed by atoms with Crippen LogP contribution in [0.5, 0.6) is 0 Å². The Hall–Kier alpha value is -5.83. The molecule has 0 saturated heterocycles. The van der Waals surface area contributed by atoms with Crippen molar-refractivity contribution in [2.75, 3.05) is 0 Å². The van der Waals surface area contributed by atoms with E-state index < -0.39 is 0 Å². The van der Waals surface area contributed by atoms with Crippen molar-refractivity contribution in [3.63, 3.8) is 0 Å². The first-order valence-corrected chi connectivity index (χ1v) is 14.4. The number of nitriles is 3. The zero-order valence-electron chi connectivity index (χ0n) is 23.7. The van der Waals surface area contributed by atoms with Crippen LogP contribution in [0.3, 0.4) is 0 Å². The SMILES string of the molecule is C=C1C2C(CCc3ccccc3-c3cc(-c4ccccc4)cc[n+]31)c1c(cc(C#N)c(C#N)c1C#N)-c1ccc(C)c[n+]12. The zero-order chi connectivity index (χ0) is 29.7. The maximum Gasteiger partial charge on any atom is 0.249 e. The second-order valence-corrected chi connectivity index (χ2v) is 11.2. The van der Waals surface area contributed by atoms with Gasteiger partial charge in [-0.25, -0.2) is 0 Å². The lowest BCUT2D eigenvalue weighted by Gasteiger charge is -2.30. The van der Waals surface area contributed by atoms with E-state index in [9.17, 15) is 15.8 Å². The number of hydrogen-bond acceptors (Lipinski definition) is 3. The van der Waals surface area contributed by atoms with E-state index in [-0.39, 0.29) is 23.1 Å². The van der Waals surface area contributed by atoms with Crippen molar-refractivity contribution in [3.8, 4) is 51.8 Å². The van der Waals surface area contributed by atoms with E-state index in [0.29, 0.717) is 5.56 Å². The lowest BCUT2D eigenvalue weighted by atomic mass is 9.75. The molecule has 3 aromatic carbocycles. The van der Waals surface area contributed by atoms with Crippen LogP contribution in [0.1, 0.15) is 51.8 Å². The summed E-state index contributed by atoms with van der Waals surface area (Å²) in [7, 11) is 0. The van der Waals surface area contributed by atoms with Crippen LogP contribution in [-0.4, -0.2) is 0 Å². The normalized spacial score (nSPS) is 16.3. The smallest absolute Gasteiger partial charge is 0.192 e. The molecule has 0 aliphatic carbocycles. The van der Waals surface area contributed by atoms with Gasteiger partial charge in [-0.3, -0.25) is 0 Å². The lowest BCUT2D eigenvalue weighted by molar-refractivity contribution is -0.727. The molecule has 5 heteroatoms. The first-order valence-electron chi connectivity index (χ1n) is 14.4. The first-order chi connectivity index (χ1) is 21.0. The molecule has 2 unspecified atom stereocenters. The Bertz CT molecular complexity index is 2100. The summed E-state index contributed by atoms with van der Waals surface area (Å²) in [5.74, 6) is -0.156. The summed E-state index contributed by atoms with van der Waals surface area (Å²) >= 11 is 0. The summed E-state index contributed by atoms with van der Waals surface area (Å²) in [6.07, 6.45) is 5.75. The number of fused-ring (bicyclic) bond motifs is 9. The van der Waals surface area contributed by atoms with Gasteiger partial charge in [0, 0.05) is 29.3 Å². The maximum absolute atomic E-state index is 10.5. The quantitative estimate of drug-likeness (QED) is 0.211. The number of hydrogen-bond donors (Lipinski definition) is 0. The monoisotopic (exact) mass is 553 g/mol. The molecule has 202 valence electrons. The van der Waals surface area contributed by atoms with Crippen LogP contribution in [-0.2, 0) is 6.42 Å². The summed E-state index contributed by atoms with van der Waals surface area (Å²) in [6, 6.07) is 35.6. The molecule has 2 atom stereocenters. The number of allylic oxidation sites excluding steroid dienone is 1. The standard InChI is InChI=1S/C38H27N5/c1-24-12-15-35-32-18-29(20-39)33(21-40)34(22-41)37(32)31-14-13-27-10-6-7-11-30(27)36-19-28(26-8-4-3-5-9-26)16-17-42(36)25(2)38(31)43(35)23-24/h3-12,15-19,23,31,38H,2,13-14H2,1H3/q+2. The van der Waals surface area contributed by atoms with Gasteiger partial charge in [0.1, 0.15) is 18.2 Å². The van der Waals surface area contributed by atoms with E-state index in [1.165, 1.54) is 5.56 Å². The Morgan fingerprint density at radius 3 is 2.30 bits per heavy atom. The molecule has 7 rings (SSSR count). The molecule has 0 N–H and O–H groups in total. The van der Waals surface area contributed by atoms with Crippen molar-refractivity contribution < 1.29 is 9.13 Å². The molecule has 4 heterocycles. The molecule has 2 aromatic heterocycles. The van der Waals surface area contributed by atoms with E-state index in [4.69, 9.17) is 6.58 Å². The first kappa shape index (κ1) is 26.1. The fourth-order valence-electron chi connectivity index (χ4n) is 6.96. The summed E-state index contributed by atoms with van der Waals surface area (Å²) in [5, 5.41) is 30.5. The van der Waals surface area contributed by atoms with Gasteiger partial charge in [-0.15, -0.1) is 0 Å². The highest BCUT2D eigenvalue weighted by atomic mass is 15.1. The van der Waals surface area contributed by atoms with Crippen LogP contribution >= 0.6 is 0 Å². The van der Waals surface area contributed by atoms with Gasteiger partial charge in [-0.05, 0) is 66.8 Å². The van der Waals surface area contributed by atoms with Crippen molar-refractivity contribution in [1.82, 2.24) is 0 Å². The largest absolute Gasteiger partial charge is 0.249 e. The van der Waals surface area contributed by atoms with Crippen molar-refractivity contribution in [2.45, 2.75) is 31.7 Å². The third kappa shape index (κ3) is 4.05. The molecular formula is C38H27N5+2. The minimum absolute atomic E-state index is 0.148. The summed E-state index contributed by atoms with van der Waals surface area (Å²) < 4.78 is 4.45. The third-order valence-corrected chi connectivity index (χ3v) is 8.90. The van der Waals surface area contributed by atoms with Gasteiger partial charge in [0.25, 0.3) is 0 Å². The number of nitrogens with zero attached hydrogens (tertiary/aromatic N) is 5. The summed E-state index contributed by atoms with van der Waals surface area (Å²) in [5.41, 5.74) is 10.9. The molecule has 5 aromatic rings. The molecule has 0 spiro atoms. The molecule has 0 saturated carbocycles. The van der Waals surface area contributed by atoms with Gasteiger partial charge < -0.3 is 0 Å². The van der Waals surface area contributed by atoms with Crippen molar-refractivity contribution >= 4 is 5.70 Å². The zero-order valence-corrected chi connectivity index (χ0v) is 23.7. The Morgan fingerprint density at radius 2 is 1.53 bits per heavy atom. The van der Waals surface area contributed by atoms with Gasteiger partial charge >= 0.3 is 0 Å². The molecule has 0 radical (unpaired) electrons. The summed E-state index contributed by atoms with van der Waals surface area (Å²) in [4.78, 5) is 0. The number of aromatic nitrogens is 2. The lowest BCUT2D eigenvalue weighted by Crippen LogP contribution is -2.53. The number of benzene rings is 3. The highest BCUT2D eigenvalue weighted by Gasteiger charge is 2.48. The maximum atomic E-state index is 10.5. The number of pyridine rings is 2. The Labute approximate surface area is 251 Å². The van der Waals surface area contributed by atoms with Gasteiger partial charge in [-0.2, -0.15) is 24.9 Å².